The maximum Gasteiger partial charge on any atom is 0.321 e. The van der Waals surface area contributed by atoms with Gasteiger partial charge in [-0.3, -0.25) is 10.1 Å². The van der Waals surface area contributed by atoms with Crippen LogP contribution in [0.5, 0.6) is 0 Å². The van der Waals surface area contributed by atoms with Crippen molar-refractivity contribution < 1.29 is 9.59 Å². The first-order valence-electron chi connectivity index (χ1n) is 2.37. The lowest BCUT2D eigenvalue weighted by Crippen LogP contribution is -2.46. The molecule has 0 aromatic heterocycles. The van der Waals surface area contributed by atoms with Gasteiger partial charge in [-0.15, -0.1) is 0 Å². The molecule has 0 spiro atoms. The standard InChI is InChI=1S/C4H6N2O2/c7-3-1-2-5-4(8)6-3/h1-2H2,(H2,5,6,7,8)/i3+1,4+1,5+1,6+1. The zero-order valence-corrected chi connectivity index (χ0v) is 4.23. The fraction of sp³-hybridized carbons (Fsp3) is 0.500. The summed E-state index contributed by atoms with van der Waals surface area (Å²) < 4.78 is 0. The molecule has 1 heterocycles. The summed E-state index contributed by atoms with van der Waals surface area (Å²) in [6, 6.07) is -0.388. The van der Waals surface area contributed by atoms with E-state index in [2.05, 4.69) is 10.6 Å². The van der Waals surface area contributed by atoms with Crippen LogP contribution in [0, 0.1) is 0 Å². The van der Waals surface area contributed by atoms with E-state index < -0.39 is 0 Å². The lowest BCUT2D eigenvalue weighted by atomic mass is 10.6. The van der Waals surface area contributed by atoms with Crippen molar-refractivity contribution in [3.63, 3.8) is 0 Å². The molecule has 8 heavy (non-hydrogen) atoms. The van der Waals surface area contributed by atoms with Gasteiger partial charge in [0.1, 0.15) is 0 Å². The van der Waals surface area contributed by atoms with E-state index in [1.54, 1.807) is 0 Å². The van der Waals surface area contributed by atoms with Gasteiger partial charge in [0.25, 0.3) is 0 Å². The molecule has 2 N–H and O–H groups in total. The monoisotopic (exact) mass is 118 g/mol. The number of rotatable bonds is 0. The maximum absolute atomic E-state index is 10.3. The van der Waals surface area contributed by atoms with Gasteiger partial charge < -0.3 is 5.32 Å². The third-order valence-corrected chi connectivity index (χ3v) is 0.891. The highest BCUT2D eigenvalue weighted by atomic mass is 16.4. The molecule has 1 saturated heterocycles. The average Bonchev–Trinajstić information content (AvgIpc) is 1.64. The molecule has 44 valence electrons. The lowest BCUT2D eigenvalue weighted by Gasteiger charge is -2.10. The van der Waals surface area contributed by atoms with Crippen LogP contribution in [0.3, 0.4) is 0 Å². The van der Waals surface area contributed by atoms with Gasteiger partial charge in [-0.1, -0.05) is 0 Å². The molecular formula is C4H6N2O2. The van der Waals surface area contributed by atoms with Gasteiger partial charge in [0, 0.05) is 13.0 Å². The molecule has 0 saturated carbocycles. The number of hydrogen-bond acceptors (Lipinski definition) is 2. The normalized spacial score (nSPS) is 19.5. The first-order valence-corrected chi connectivity index (χ1v) is 2.37. The van der Waals surface area contributed by atoms with E-state index in [1.807, 2.05) is 0 Å². The minimum Gasteiger partial charge on any atom is -0.337 e. The Morgan fingerprint density at radius 3 is 2.50 bits per heavy atom. The Morgan fingerprint density at radius 2 is 2.12 bits per heavy atom. The Labute approximate surface area is 46.3 Å². The minimum atomic E-state index is -0.388. The highest BCUT2D eigenvalue weighted by Crippen LogP contribution is 1.82. The van der Waals surface area contributed by atoms with Crippen molar-refractivity contribution in [2.24, 2.45) is 0 Å². The van der Waals surface area contributed by atoms with Gasteiger partial charge in [0.2, 0.25) is 5.91 Å². The largest absolute Gasteiger partial charge is 0.337 e. The summed E-state index contributed by atoms with van der Waals surface area (Å²) in [6.07, 6.45) is 0.395. The van der Waals surface area contributed by atoms with E-state index >= 15 is 0 Å². The second kappa shape index (κ2) is 1.81. The molecule has 0 aromatic rings. The number of urea groups is 1. The van der Waals surface area contributed by atoms with E-state index in [0.717, 1.165) is 0 Å². The van der Waals surface area contributed by atoms with Gasteiger partial charge >= 0.3 is 6.03 Å². The van der Waals surface area contributed by atoms with Crippen LogP contribution in [0.25, 0.3) is 0 Å². The van der Waals surface area contributed by atoms with Crippen LogP contribution in [-0.2, 0) is 4.79 Å². The third kappa shape index (κ3) is 0.959. The summed E-state index contributed by atoms with van der Waals surface area (Å²) in [5.41, 5.74) is 0. The first-order chi connectivity index (χ1) is 3.79. The van der Waals surface area contributed by atoms with Crippen LogP contribution in [0.2, 0.25) is 0 Å². The van der Waals surface area contributed by atoms with Crippen molar-refractivity contribution in [3.05, 3.63) is 0 Å². The fourth-order valence-corrected chi connectivity index (χ4v) is 0.523. The summed E-state index contributed by atoms with van der Waals surface area (Å²) >= 11 is 0. The Bertz CT molecular complexity index is 118. The number of carbonyl (C=O) groups is 2. The SMILES string of the molecule is O=[13C]1CC[15NH][13C](=O)[15NH]1. The summed E-state index contributed by atoms with van der Waals surface area (Å²) in [5.74, 6) is -0.200. The van der Waals surface area contributed by atoms with E-state index in [-0.39, 0.29) is 11.9 Å². The van der Waals surface area contributed by atoms with Crippen LogP contribution < -0.4 is 10.6 Å². The smallest absolute Gasteiger partial charge is 0.321 e. The topological polar surface area (TPSA) is 58.2 Å². The number of amides is 3. The Balaban J connectivity index is 2.45. The minimum absolute atomic E-state index is 0.200. The molecule has 3 amide bonds. The molecule has 4 heteroatoms. The number of imide groups is 1. The van der Waals surface area contributed by atoms with Gasteiger partial charge in [-0.25, -0.2) is 4.79 Å². The van der Waals surface area contributed by atoms with Gasteiger partial charge in [-0.2, -0.15) is 0 Å². The second-order valence-corrected chi connectivity index (χ2v) is 1.55. The Hall–Kier alpha value is -1.06. The highest BCUT2D eigenvalue weighted by Gasteiger charge is 2.11. The van der Waals surface area contributed by atoms with Crippen LogP contribution in [0.15, 0.2) is 0 Å². The Morgan fingerprint density at radius 1 is 1.38 bits per heavy atom. The molecule has 0 aromatic carbocycles. The second-order valence-electron chi connectivity index (χ2n) is 1.55. The van der Waals surface area contributed by atoms with E-state index in [4.69, 9.17) is 0 Å². The zero-order valence-electron chi connectivity index (χ0n) is 4.23. The predicted octanol–water partition coefficient (Wildman–Crippen LogP) is -0.784. The number of nitrogens with one attached hydrogen (secondary N) is 2. The van der Waals surface area contributed by atoms with Crippen molar-refractivity contribution in [1.29, 1.82) is 0 Å². The quantitative estimate of drug-likeness (QED) is 0.323. The summed E-state index contributed by atoms with van der Waals surface area (Å²) in [7, 11) is 0. The van der Waals surface area contributed by atoms with E-state index in [0.29, 0.717) is 13.0 Å². The van der Waals surface area contributed by atoms with Gasteiger partial charge in [0.15, 0.2) is 0 Å². The van der Waals surface area contributed by atoms with E-state index in [9.17, 15) is 9.59 Å². The van der Waals surface area contributed by atoms with Crippen molar-refractivity contribution in [3.8, 4) is 0 Å². The van der Waals surface area contributed by atoms with Crippen LogP contribution >= 0.6 is 0 Å². The molecular weight excluding hydrogens is 112 g/mol. The van der Waals surface area contributed by atoms with Crippen molar-refractivity contribution in [2.45, 2.75) is 6.42 Å². The molecule has 0 bridgehead atoms. The van der Waals surface area contributed by atoms with Crippen LogP contribution in [-0.4, -0.2) is 18.5 Å². The van der Waals surface area contributed by atoms with Crippen LogP contribution in [0.1, 0.15) is 6.42 Å². The molecule has 0 unspecified atom stereocenters. The summed E-state index contributed by atoms with van der Waals surface area (Å²) in [5, 5.41) is 4.53. The van der Waals surface area contributed by atoms with Crippen molar-refractivity contribution in [2.75, 3.05) is 6.54 Å². The van der Waals surface area contributed by atoms with Crippen LogP contribution in [0.4, 0.5) is 4.79 Å². The molecule has 1 rings (SSSR count). The maximum atomic E-state index is 10.3. The zero-order chi connectivity index (χ0) is 5.98. The van der Waals surface area contributed by atoms with Gasteiger partial charge in [0.05, 0.1) is 0 Å². The first kappa shape index (κ1) is 5.08. The summed E-state index contributed by atoms with van der Waals surface area (Å²) in [4.78, 5) is 20.5. The van der Waals surface area contributed by atoms with E-state index in [1.165, 1.54) is 0 Å². The molecule has 1 fully saturated rings. The fourth-order valence-electron chi connectivity index (χ4n) is 0.523. The number of hydrogen-bond donors (Lipinski definition) is 2. The van der Waals surface area contributed by atoms with Crippen molar-refractivity contribution in [1.82, 2.24) is 10.6 Å². The third-order valence-electron chi connectivity index (χ3n) is 0.891. The molecule has 4 nitrogen and oxygen atoms in total. The van der Waals surface area contributed by atoms with Gasteiger partial charge in [-0.05, 0) is 0 Å². The molecule has 0 aliphatic carbocycles. The number of carbonyl (C=O) groups excluding carboxylic acids is 2. The lowest BCUT2D eigenvalue weighted by molar-refractivity contribution is -0.120. The van der Waals surface area contributed by atoms with Crippen molar-refractivity contribution >= 4 is 11.9 Å². The molecule has 0 radical (unpaired) electrons. The summed E-state index contributed by atoms with van der Waals surface area (Å²) in [6.45, 7) is 0.463. The predicted molar refractivity (Wildman–Crippen MR) is 26.2 cm³/mol. The molecule has 0 atom stereocenters. The molecule has 1 aliphatic heterocycles. The molecule has 1 aliphatic rings. The Kier molecular flexibility index (Phi) is 1.15. The highest BCUT2D eigenvalue weighted by molar-refractivity contribution is 5.96. The average molecular weight is 118 g/mol.